The summed E-state index contributed by atoms with van der Waals surface area (Å²) in [6.45, 7) is 4.20. The third-order valence-electron chi connectivity index (χ3n) is 1.93. The van der Waals surface area contributed by atoms with E-state index in [0.29, 0.717) is 6.54 Å². The fourth-order valence-electron chi connectivity index (χ4n) is 1.24. The lowest BCUT2D eigenvalue weighted by atomic mass is 10.2. The molecule has 1 fully saturated rings. The molecule has 1 N–H and O–H groups in total. The number of amides is 1. The number of carbonyl (C=O) groups is 1. The van der Waals surface area contributed by atoms with Crippen LogP contribution in [0.4, 0.5) is 0 Å². The molecule has 1 amide bonds. The van der Waals surface area contributed by atoms with Crippen molar-refractivity contribution in [3.05, 3.63) is 11.1 Å². The van der Waals surface area contributed by atoms with Gasteiger partial charge in [-0.25, -0.2) is 0 Å². The van der Waals surface area contributed by atoms with Crippen molar-refractivity contribution < 1.29 is 4.79 Å². The van der Waals surface area contributed by atoms with Crippen LogP contribution in [0.3, 0.4) is 0 Å². The van der Waals surface area contributed by atoms with Crippen molar-refractivity contribution in [2.24, 2.45) is 0 Å². The zero-order valence-corrected chi connectivity index (χ0v) is 9.92. The van der Waals surface area contributed by atoms with Gasteiger partial charge >= 0.3 is 0 Å². The summed E-state index contributed by atoms with van der Waals surface area (Å²) in [7, 11) is 0. The molecular weight excluding hydrogens is 250 g/mol. The highest BCUT2D eigenvalue weighted by Crippen LogP contribution is 2.24. The van der Waals surface area contributed by atoms with Crippen LogP contribution in [0.1, 0.15) is 19.3 Å². The summed E-state index contributed by atoms with van der Waals surface area (Å²) in [6, 6.07) is 0. The van der Waals surface area contributed by atoms with Crippen LogP contribution in [0.25, 0.3) is 0 Å². The smallest absolute Gasteiger partial charge is 0.233 e. The average Bonchev–Trinajstić information content (AvgIpc) is 2.15. The average molecular weight is 264 g/mol. The molecule has 0 saturated carbocycles. The van der Waals surface area contributed by atoms with E-state index in [-0.39, 0.29) is 11.2 Å². The van der Waals surface area contributed by atoms with E-state index >= 15 is 0 Å². The fraction of sp³-hybridized carbons (Fsp3) is 0.667. The van der Waals surface area contributed by atoms with E-state index in [1.165, 1.54) is 12.8 Å². The summed E-state index contributed by atoms with van der Waals surface area (Å²) in [4.78, 5) is 11.5. The van der Waals surface area contributed by atoms with Gasteiger partial charge in [-0.1, -0.05) is 28.9 Å². The first kappa shape index (κ1) is 11.1. The van der Waals surface area contributed by atoms with Crippen LogP contribution >= 0.6 is 27.7 Å². The Bertz CT molecular complexity index is 202. The normalized spacial score (nSPS) is 22.4. The molecule has 1 unspecified atom stereocenters. The van der Waals surface area contributed by atoms with Crippen molar-refractivity contribution in [1.29, 1.82) is 0 Å². The van der Waals surface area contributed by atoms with Crippen LogP contribution in [0.5, 0.6) is 0 Å². The summed E-state index contributed by atoms with van der Waals surface area (Å²) in [5.74, 6) is 1.28. The summed E-state index contributed by atoms with van der Waals surface area (Å²) in [5, 5.41) is 3.01. The molecule has 1 heterocycles. The van der Waals surface area contributed by atoms with E-state index in [1.54, 1.807) is 11.8 Å². The number of halogens is 1. The molecule has 0 spiro atoms. The Morgan fingerprint density at radius 2 is 2.38 bits per heavy atom. The maximum absolute atomic E-state index is 11.5. The Labute approximate surface area is 91.7 Å². The fourth-order valence-corrected chi connectivity index (χ4v) is 2.61. The Balaban J connectivity index is 2.25. The van der Waals surface area contributed by atoms with Crippen LogP contribution in [-0.2, 0) is 4.79 Å². The largest absolute Gasteiger partial charge is 0.351 e. The summed E-state index contributed by atoms with van der Waals surface area (Å²) in [5.41, 5.74) is 0. The highest BCUT2D eigenvalue weighted by Gasteiger charge is 2.20. The quantitative estimate of drug-likeness (QED) is 0.847. The molecule has 0 aliphatic carbocycles. The van der Waals surface area contributed by atoms with E-state index in [2.05, 4.69) is 27.8 Å². The Hall–Kier alpha value is 0.0400. The molecule has 0 radical (unpaired) electrons. The van der Waals surface area contributed by atoms with Crippen LogP contribution in [0.2, 0.25) is 0 Å². The van der Waals surface area contributed by atoms with Crippen LogP contribution in [0.15, 0.2) is 11.1 Å². The molecule has 1 aliphatic heterocycles. The molecule has 0 aromatic carbocycles. The van der Waals surface area contributed by atoms with Gasteiger partial charge in [0.05, 0.1) is 5.25 Å². The zero-order valence-electron chi connectivity index (χ0n) is 7.51. The molecular formula is C9H14BrNOS. The molecule has 1 saturated heterocycles. The first-order valence-electron chi connectivity index (χ1n) is 4.43. The number of rotatable bonds is 3. The molecule has 1 atom stereocenters. The minimum atomic E-state index is 0.158. The molecule has 13 heavy (non-hydrogen) atoms. The monoisotopic (exact) mass is 263 g/mol. The maximum atomic E-state index is 11.5. The van der Waals surface area contributed by atoms with Gasteiger partial charge in [0, 0.05) is 11.0 Å². The third-order valence-corrected chi connectivity index (χ3v) is 3.58. The highest BCUT2D eigenvalue weighted by molar-refractivity contribution is 9.11. The Morgan fingerprint density at radius 3 is 2.92 bits per heavy atom. The van der Waals surface area contributed by atoms with Crippen molar-refractivity contribution >= 4 is 33.6 Å². The van der Waals surface area contributed by atoms with Crippen LogP contribution in [-0.4, -0.2) is 23.5 Å². The second-order valence-electron chi connectivity index (χ2n) is 3.09. The van der Waals surface area contributed by atoms with Gasteiger partial charge in [0.1, 0.15) is 0 Å². The standard InChI is InChI=1S/C9H14BrNOS/c1-7(10)6-11-9(12)8-4-2-3-5-13-8/h8H,1-6H2,(H,11,12). The zero-order chi connectivity index (χ0) is 9.68. The van der Waals surface area contributed by atoms with Crippen molar-refractivity contribution in [1.82, 2.24) is 5.32 Å². The number of thioether (sulfide) groups is 1. The topological polar surface area (TPSA) is 29.1 Å². The Morgan fingerprint density at radius 1 is 1.62 bits per heavy atom. The second-order valence-corrected chi connectivity index (χ2v) is 5.52. The molecule has 0 aromatic rings. The minimum absolute atomic E-state index is 0.158. The van der Waals surface area contributed by atoms with Gasteiger partial charge < -0.3 is 5.32 Å². The summed E-state index contributed by atoms with van der Waals surface area (Å²) < 4.78 is 0.821. The maximum Gasteiger partial charge on any atom is 0.233 e. The van der Waals surface area contributed by atoms with E-state index < -0.39 is 0 Å². The van der Waals surface area contributed by atoms with E-state index in [4.69, 9.17) is 0 Å². The predicted octanol–water partition coefficient (Wildman–Crippen LogP) is 2.30. The van der Waals surface area contributed by atoms with Gasteiger partial charge in [-0.15, -0.1) is 11.8 Å². The lowest BCUT2D eigenvalue weighted by Crippen LogP contribution is -2.34. The number of nitrogens with one attached hydrogen (secondary N) is 1. The number of hydrogen-bond donors (Lipinski definition) is 1. The van der Waals surface area contributed by atoms with Gasteiger partial charge in [0.15, 0.2) is 0 Å². The SMILES string of the molecule is C=C(Br)CNC(=O)C1CCCCS1. The molecule has 74 valence electrons. The first-order chi connectivity index (χ1) is 6.20. The van der Waals surface area contributed by atoms with Crippen molar-refractivity contribution in [2.45, 2.75) is 24.5 Å². The predicted molar refractivity (Wildman–Crippen MR) is 61.2 cm³/mol. The summed E-state index contributed by atoms with van der Waals surface area (Å²) >= 11 is 4.98. The lowest BCUT2D eigenvalue weighted by Gasteiger charge is -2.20. The third kappa shape index (κ3) is 4.18. The highest BCUT2D eigenvalue weighted by atomic mass is 79.9. The minimum Gasteiger partial charge on any atom is -0.351 e. The number of hydrogen-bond acceptors (Lipinski definition) is 2. The Kier molecular flexibility index (Phi) is 4.88. The van der Waals surface area contributed by atoms with Gasteiger partial charge in [0.25, 0.3) is 0 Å². The molecule has 2 nitrogen and oxygen atoms in total. The van der Waals surface area contributed by atoms with Crippen molar-refractivity contribution in [2.75, 3.05) is 12.3 Å². The first-order valence-corrected chi connectivity index (χ1v) is 6.27. The molecule has 1 rings (SSSR count). The van der Waals surface area contributed by atoms with Crippen molar-refractivity contribution in [3.63, 3.8) is 0 Å². The molecule has 4 heteroatoms. The van der Waals surface area contributed by atoms with Crippen LogP contribution in [0, 0.1) is 0 Å². The van der Waals surface area contributed by atoms with Crippen LogP contribution < -0.4 is 5.32 Å². The summed E-state index contributed by atoms with van der Waals surface area (Å²) in [6.07, 6.45) is 3.45. The van der Waals surface area contributed by atoms with Gasteiger partial charge in [-0.2, -0.15) is 0 Å². The van der Waals surface area contributed by atoms with Crippen molar-refractivity contribution in [3.8, 4) is 0 Å². The lowest BCUT2D eigenvalue weighted by molar-refractivity contribution is -0.120. The van der Waals surface area contributed by atoms with Gasteiger partial charge in [0.2, 0.25) is 5.91 Å². The number of carbonyl (C=O) groups excluding carboxylic acids is 1. The van der Waals surface area contributed by atoms with E-state index in [9.17, 15) is 4.79 Å². The van der Waals surface area contributed by atoms with E-state index in [0.717, 1.165) is 16.7 Å². The molecule has 1 aliphatic rings. The molecule has 0 aromatic heterocycles. The molecule has 0 bridgehead atoms. The second kappa shape index (κ2) is 5.70. The van der Waals surface area contributed by atoms with E-state index in [1.807, 2.05) is 0 Å². The van der Waals surface area contributed by atoms with Gasteiger partial charge in [-0.05, 0) is 18.6 Å². The van der Waals surface area contributed by atoms with Gasteiger partial charge in [-0.3, -0.25) is 4.79 Å².